The summed E-state index contributed by atoms with van der Waals surface area (Å²) in [6.07, 6.45) is -4.01. The topological polar surface area (TPSA) is 64.4 Å². The summed E-state index contributed by atoms with van der Waals surface area (Å²) in [5.41, 5.74) is 4.44. The molecule has 1 aliphatic heterocycles. The van der Waals surface area contributed by atoms with Gasteiger partial charge in [0.1, 0.15) is 5.54 Å². The van der Waals surface area contributed by atoms with Gasteiger partial charge in [-0.2, -0.15) is 13.2 Å². The molecule has 2 unspecified atom stereocenters. The van der Waals surface area contributed by atoms with Gasteiger partial charge in [-0.3, -0.25) is 4.79 Å². The molecule has 2 atom stereocenters. The number of carbonyl (C=O) groups excluding carboxylic acids is 1. The van der Waals surface area contributed by atoms with Crippen molar-refractivity contribution in [3.8, 4) is 0 Å². The highest BCUT2D eigenvalue weighted by Gasteiger charge is 2.39. The molecular weight excluding hydrogens is 285 g/mol. The Morgan fingerprint density at radius 3 is 2.76 bits per heavy atom. The predicted molar refractivity (Wildman–Crippen MR) is 70.4 cm³/mol. The van der Waals surface area contributed by atoms with Crippen LogP contribution in [0.2, 0.25) is 0 Å². The highest BCUT2D eigenvalue weighted by molar-refractivity contribution is 5.86. The van der Waals surface area contributed by atoms with Crippen molar-refractivity contribution in [3.63, 3.8) is 0 Å². The van der Waals surface area contributed by atoms with Gasteiger partial charge in [-0.15, -0.1) is 0 Å². The molecule has 0 radical (unpaired) electrons. The van der Waals surface area contributed by atoms with E-state index in [9.17, 15) is 18.0 Å². The first-order valence-electron chi connectivity index (χ1n) is 6.57. The molecular formula is C14H17F3N2O2. The number of nitrogens with one attached hydrogen (secondary N) is 1. The molecule has 2 rings (SSSR count). The summed E-state index contributed by atoms with van der Waals surface area (Å²) in [6, 6.07) is 4.31. The van der Waals surface area contributed by atoms with Crippen molar-refractivity contribution in [3.05, 3.63) is 35.4 Å². The Kier molecular flexibility index (Phi) is 4.25. The summed E-state index contributed by atoms with van der Waals surface area (Å²) in [5.74, 6) is -0.412. The summed E-state index contributed by atoms with van der Waals surface area (Å²) in [6.45, 7) is 2.14. The summed E-state index contributed by atoms with van der Waals surface area (Å²) >= 11 is 0. The molecule has 0 spiro atoms. The molecule has 1 amide bonds. The number of nitrogens with two attached hydrogens (primary N) is 1. The van der Waals surface area contributed by atoms with E-state index in [1.165, 1.54) is 12.1 Å². The molecule has 116 valence electrons. The van der Waals surface area contributed by atoms with Crippen LogP contribution in [0.1, 0.15) is 30.5 Å². The Hall–Kier alpha value is -1.60. The number of amides is 1. The van der Waals surface area contributed by atoms with Crippen molar-refractivity contribution < 1.29 is 22.7 Å². The molecule has 4 nitrogen and oxygen atoms in total. The average Bonchev–Trinajstić information content (AvgIpc) is 2.86. The van der Waals surface area contributed by atoms with Crippen LogP contribution in [0.4, 0.5) is 13.2 Å². The molecule has 0 aromatic heterocycles. The number of hydrogen-bond acceptors (Lipinski definition) is 3. The molecule has 21 heavy (non-hydrogen) atoms. The lowest BCUT2D eigenvalue weighted by Crippen LogP contribution is -2.54. The van der Waals surface area contributed by atoms with E-state index < -0.39 is 29.2 Å². The minimum atomic E-state index is -4.41. The van der Waals surface area contributed by atoms with Gasteiger partial charge in [0, 0.05) is 6.61 Å². The lowest BCUT2D eigenvalue weighted by atomic mass is 9.97. The summed E-state index contributed by atoms with van der Waals surface area (Å²) in [4.78, 5) is 12.1. The van der Waals surface area contributed by atoms with E-state index in [4.69, 9.17) is 10.5 Å². The second kappa shape index (κ2) is 5.65. The first kappa shape index (κ1) is 15.8. The van der Waals surface area contributed by atoms with E-state index in [1.807, 2.05) is 0 Å². The minimum Gasteiger partial charge on any atom is -0.379 e. The van der Waals surface area contributed by atoms with Crippen molar-refractivity contribution in [1.82, 2.24) is 5.32 Å². The summed E-state index contributed by atoms with van der Waals surface area (Å²) < 4.78 is 43.1. The van der Waals surface area contributed by atoms with Crippen LogP contribution in [0.25, 0.3) is 0 Å². The van der Waals surface area contributed by atoms with Gasteiger partial charge in [-0.25, -0.2) is 0 Å². The molecule has 7 heteroatoms. The number of ether oxygens (including phenoxy) is 1. The Labute approximate surface area is 120 Å². The molecule has 1 heterocycles. The highest BCUT2D eigenvalue weighted by atomic mass is 19.4. The van der Waals surface area contributed by atoms with Crippen molar-refractivity contribution in [2.75, 3.05) is 13.2 Å². The first-order valence-corrected chi connectivity index (χ1v) is 6.57. The van der Waals surface area contributed by atoms with Gasteiger partial charge in [0.15, 0.2) is 0 Å². The average molecular weight is 302 g/mol. The molecule has 1 aromatic rings. The number of benzene rings is 1. The van der Waals surface area contributed by atoms with Crippen LogP contribution in [0, 0.1) is 0 Å². The van der Waals surface area contributed by atoms with Crippen molar-refractivity contribution in [2.24, 2.45) is 5.73 Å². The second-order valence-electron chi connectivity index (χ2n) is 5.28. The molecule has 1 aliphatic rings. The van der Waals surface area contributed by atoms with Crippen molar-refractivity contribution in [1.29, 1.82) is 0 Å². The largest absolute Gasteiger partial charge is 0.416 e. The van der Waals surface area contributed by atoms with Crippen LogP contribution in [0.3, 0.4) is 0 Å². The fourth-order valence-corrected chi connectivity index (χ4v) is 2.17. The maximum atomic E-state index is 12.7. The van der Waals surface area contributed by atoms with E-state index >= 15 is 0 Å². The van der Waals surface area contributed by atoms with Crippen molar-refractivity contribution in [2.45, 2.75) is 31.1 Å². The van der Waals surface area contributed by atoms with Crippen LogP contribution < -0.4 is 11.1 Å². The Morgan fingerprint density at radius 2 is 2.19 bits per heavy atom. The number of carbonyl (C=O) groups is 1. The zero-order valence-electron chi connectivity index (χ0n) is 11.5. The minimum absolute atomic E-state index is 0.119. The number of halogens is 3. The molecule has 0 aliphatic carbocycles. The van der Waals surface area contributed by atoms with Crippen LogP contribution in [-0.2, 0) is 15.7 Å². The highest BCUT2D eigenvalue weighted by Crippen LogP contribution is 2.30. The Balaban J connectivity index is 2.10. The second-order valence-corrected chi connectivity index (χ2v) is 5.28. The van der Waals surface area contributed by atoms with E-state index in [-0.39, 0.29) is 6.61 Å². The van der Waals surface area contributed by atoms with E-state index in [0.29, 0.717) is 18.6 Å². The first-order chi connectivity index (χ1) is 9.72. The predicted octanol–water partition coefficient (Wildman–Crippen LogP) is 2.00. The van der Waals surface area contributed by atoms with Crippen LogP contribution in [-0.4, -0.2) is 24.7 Å². The third-order valence-corrected chi connectivity index (χ3v) is 3.57. The van der Waals surface area contributed by atoms with Gasteiger partial charge in [0.25, 0.3) is 0 Å². The Bertz CT molecular complexity index is 525. The third-order valence-electron chi connectivity index (χ3n) is 3.57. The number of hydrogen-bond donors (Lipinski definition) is 2. The molecule has 1 saturated heterocycles. The van der Waals surface area contributed by atoms with E-state index in [0.717, 1.165) is 12.1 Å². The molecule has 0 saturated carbocycles. The number of rotatable bonds is 3. The fourth-order valence-electron chi connectivity index (χ4n) is 2.17. The zero-order valence-corrected chi connectivity index (χ0v) is 11.5. The zero-order chi connectivity index (χ0) is 15.7. The van der Waals surface area contributed by atoms with E-state index in [1.54, 1.807) is 6.92 Å². The quantitative estimate of drug-likeness (QED) is 0.897. The summed E-state index contributed by atoms with van der Waals surface area (Å²) in [7, 11) is 0. The number of alkyl halides is 3. The molecule has 1 aromatic carbocycles. The van der Waals surface area contributed by atoms with Gasteiger partial charge in [0.2, 0.25) is 5.91 Å². The van der Waals surface area contributed by atoms with Crippen LogP contribution in [0.15, 0.2) is 24.3 Å². The monoisotopic (exact) mass is 302 g/mol. The maximum absolute atomic E-state index is 12.7. The van der Waals surface area contributed by atoms with E-state index in [2.05, 4.69) is 5.32 Å². The lowest BCUT2D eigenvalue weighted by molar-refractivity contribution is -0.137. The maximum Gasteiger partial charge on any atom is 0.416 e. The standard InChI is InChI=1S/C14H17F3N2O2/c1-9(19-12(20)13(18)5-6-21-8-13)10-3-2-4-11(7-10)14(15,16)17/h2-4,7,9H,5-6,8,18H2,1H3,(H,19,20). The normalized spacial score (nSPS) is 23.9. The van der Waals surface area contributed by atoms with Crippen LogP contribution >= 0.6 is 0 Å². The van der Waals surface area contributed by atoms with Crippen LogP contribution in [0.5, 0.6) is 0 Å². The van der Waals surface area contributed by atoms with Gasteiger partial charge in [-0.05, 0) is 31.0 Å². The molecule has 3 N–H and O–H groups in total. The van der Waals surface area contributed by atoms with Gasteiger partial charge in [-0.1, -0.05) is 12.1 Å². The SMILES string of the molecule is CC(NC(=O)C1(N)CCOC1)c1cccc(C(F)(F)F)c1. The van der Waals surface area contributed by atoms with Gasteiger partial charge in [0.05, 0.1) is 18.2 Å². The van der Waals surface area contributed by atoms with Crippen molar-refractivity contribution >= 4 is 5.91 Å². The molecule has 0 bridgehead atoms. The molecule has 1 fully saturated rings. The van der Waals surface area contributed by atoms with Gasteiger partial charge < -0.3 is 15.8 Å². The summed E-state index contributed by atoms with van der Waals surface area (Å²) in [5, 5.41) is 2.65. The smallest absolute Gasteiger partial charge is 0.379 e. The Morgan fingerprint density at radius 1 is 1.48 bits per heavy atom. The third kappa shape index (κ3) is 3.54. The van der Waals surface area contributed by atoms with Gasteiger partial charge >= 0.3 is 6.18 Å². The lowest BCUT2D eigenvalue weighted by Gasteiger charge is -2.24. The fraction of sp³-hybridized carbons (Fsp3) is 0.500.